The summed E-state index contributed by atoms with van der Waals surface area (Å²) >= 11 is 0. The van der Waals surface area contributed by atoms with E-state index in [1.54, 1.807) is 6.92 Å². The molecule has 0 bridgehead atoms. The van der Waals surface area contributed by atoms with Crippen LogP contribution >= 0.6 is 0 Å². The third kappa shape index (κ3) is 41.9. The molecule has 0 unspecified atom stereocenters. The van der Waals surface area contributed by atoms with Gasteiger partial charge in [-0.25, -0.2) is 0 Å². The molecule has 0 amide bonds. The zero-order valence-corrected chi connectivity index (χ0v) is 22.8. The first-order valence-corrected chi connectivity index (χ1v) is 11.8. The highest BCUT2D eigenvalue weighted by Crippen LogP contribution is 2.17. The predicted octanol–water partition coefficient (Wildman–Crippen LogP) is 9.87. The molecule has 174 valence electrons. The average molecular weight is 409 g/mol. The second-order valence-corrected chi connectivity index (χ2v) is 7.27. The first-order chi connectivity index (χ1) is 13.6. The summed E-state index contributed by atoms with van der Waals surface area (Å²) in [7, 11) is 0. The van der Waals surface area contributed by atoms with Gasteiger partial charge in [0.05, 0.1) is 0 Å². The van der Waals surface area contributed by atoms with Crippen LogP contribution < -0.4 is 0 Å². The van der Waals surface area contributed by atoms with E-state index in [1.807, 2.05) is 48.5 Å². The summed E-state index contributed by atoms with van der Waals surface area (Å²) in [5, 5.41) is 0. The SMILES string of the molecule is C=C(C)CC.CC.CC.CC.CC(=O)CC(C)(C)C.CCc1ccc(CC)cc1. The molecule has 0 aliphatic rings. The van der Waals surface area contributed by atoms with Crippen molar-refractivity contribution in [1.29, 1.82) is 0 Å². The molecule has 29 heavy (non-hydrogen) atoms. The number of ketones is 1. The second kappa shape index (κ2) is 28.8. The van der Waals surface area contributed by atoms with Gasteiger partial charge in [-0.2, -0.15) is 0 Å². The molecule has 0 fully saturated rings. The predicted molar refractivity (Wildman–Crippen MR) is 139 cm³/mol. The average Bonchev–Trinajstić information content (AvgIpc) is 2.71. The number of aryl methyl sites for hydroxylation is 2. The van der Waals surface area contributed by atoms with Crippen LogP contribution in [0, 0.1) is 5.41 Å². The number of hydrogen-bond donors (Lipinski definition) is 0. The zero-order valence-electron chi connectivity index (χ0n) is 22.8. The normalized spacial score (nSPS) is 8.48. The first kappa shape index (κ1) is 38.3. The van der Waals surface area contributed by atoms with E-state index in [9.17, 15) is 4.79 Å². The fourth-order valence-electron chi connectivity index (χ4n) is 1.76. The van der Waals surface area contributed by atoms with Gasteiger partial charge in [-0.15, -0.1) is 6.58 Å². The summed E-state index contributed by atoms with van der Waals surface area (Å²) in [5.74, 6) is 0.275. The van der Waals surface area contributed by atoms with Crippen LogP contribution in [0.5, 0.6) is 0 Å². The Labute approximate surface area is 186 Å². The van der Waals surface area contributed by atoms with Gasteiger partial charge in [-0.3, -0.25) is 0 Å². The number of Topliss-reactive ketones (excluding diaryl/α,β-unsaturated/α-hetero) is 1. The van der Waals surface area contributed by atoms with Crippen LogP contribution in [0.1, 0.15) is 121 Å². The monoisotopic (exact) mass is 408 g/mol. The molecule has 1 aromatic rings. The number of hydrogen-bond acceptors (Lipinski definition) is 1. The minimum atomic E-state index is 0.172. The van der Waals surface area contributed by atoms with Crippen molar-refractivity contribution in [3.05, 3.63) is 47.5 Å². The summed E-state index contributed by atoms with van der Waals surface area (Å²) in [5.41, 5.74) is 4.28. The number of allylic oxidation sites excluding steroid dienone is 1. The Kier molecular flexibility index (Phi) is 38.0. The third-order valence-electron chi connectivity index (χ3n) is 3.22. The lowest BCUT2D eigenvalue weighted by atomic mass is 9.91. The fraction of sp³-hybridized carbons (Fsp3) is 0.679. The number of benzene rings is 1. The maximum absolute atomic E-state index is 10.5. The fourth-order valence-corrected chi connectivity index (χ4v) is 1.76. The highest BCUT2D eigenvalue weighted by atomic mass is 16.1. The maximum Gasteiger partial charge on any atom is 0.130 e. The Morgan fingerprint density at radius 1 is 0.759 bits per heavy atom. The molecule has 0 heterocycles. The van der Waals surface area contributed by atoms with Gasteiger partial charge >= 0.3 is 0 Å². The van der Waals surface area contributed by atoms with Crippen LogP contribution in [-0.2, 0) is 17.6 Å². The molecule has 0 saturated carbocycles. The van der Waals surface area contributed by atoms with Crippen LogP contribution in [0.3, 0.4) is 0 Å². The van der Waals surface area contributed by atoms with Crippen LogP contribution in [-0.4, -0.2) is 5.78 Å². The summed E-state index contributed by atoms with van der Waals surface area (Å²) in [4.78, 5) is 10.5. The van der Waals surface area contributed by atoms with Crippen molar-refractivity contribution in [3.8, 4) is 0 Å². The largest absolute Gasteiger partial charge is 0.300 e. The van der Waals surface area contributed by atoms with Gasteiger partial charge in [0, 0.05) is 6.42 Å². The van der Waals surface area contributed by atoms with E-state index in [0.717, 1.165) is 19.3 Å². The zero-order chi connectivity index (χ0) is 24.5. The van der Waals surface area contributed by atoms with E-state index >= 15 is 0 Å². The van der Waals surface area contributed by atoms with E-state index in [2.05, 4.69) is 72.4 Å². The minimum Gasteiger partial charge on any atom is -0.300 e. The van der Waals surface area contributed by atoms with Crippen molar-refractivity contribution in [2.75, 3.05) is 0 Å². The van der Waals surface area contributed by atoms with Crippen LogP contribution in [0.15, 0.2) is 36.4 Å². The Bertz CT molecular complexity index is 409. The molecule has 1 aromatic carbocycles. The van der Waals surface area contributed by atoms with E-state index in [1.165, 1.54) is 16.7 Å². The number of carbonyl (C=O) groups excluding carboxylic acids is 1. The molecule has 0 aliphatic carbocycles. The minimum absolute atomic E-state index is 0.172. The smallest absolute Gasteiger partial charge is 0.130 e. The highest BCUT2D eigenvalue weighted by Gasteiger charge is 2.11. The Morgan fingerprint density at radius 2 is 1.00 bits per heavy atom. The van der Waals surface area contributed by atoms with Gasteiger partial charge in [0.1, 0.15) is 5.78 Å². The van der Waals surface area contributed by atoms with Crippen molar-refractivity contribution in [3.63, 3.8) is 0 Å². The molecule has 0 saturated heterocycles. The van der Waals surface area contributed by atoms with E-state index in [0.29, 0.717) is 6.42 Å². The van der Waals surface area contributed by atoms with Crippen molar-refractivity contribution in [2.45, 2.75) is 123 Å². The van der Waals surface area contributed by atoms with Gasteiger partial charge in [0.15, 0.2) is 0 Å². The summed E-state index contributed by atoms with van der Waals surface area (Å²) < 4.78 is 0. The summed E-state index contributed by atoms with van der Waals surface area (Å²) in [6, 6.07) is 8.83. The molecule has 0 aliphatic heterocycles. The molecule has 0 radical (unpaired) electrons. The van der Waals surface area contributed by atoms with Crippen LogP contribution in [0.4, 0.5) is 0 Å². The lowest BCUT2D eigenvalue weighted by molar-refractivity contribution is -0.118. The molecule has 0 atom stereocenters. The number of rotatable bonds is 4. The molecule has 1 nitrogen and oxygen atoms in total. The summed E-state index contributed by atoms with van der Waals surface area (Å²) in [6.45, 7) is 32.0. The molecule has 1 heteroatoms. The van der Waals surface area contributed by atoms with E-state index in [-0.39, 0.29) is 11.2 Å². The van der Waals surface area contributed by atoms with E-state index < -0.39 is 0 Å². The quantitative estimate of drug-likeness (QED) is 0.453. The molecule has 0 spiro atoms. The van der Waals surface area contributed by atoms with Gasteiger partial charge in [0.2, 0.25) is 0 Å². The van der Waals surface area contributed by atoms with Crippen LogP contribution in [0.25, 0.3) is 0 Å². The molecule has 1 rings (SSSR count). The Balaban J connectivity index is -0.0000000910. The van der Waals surface area contributed by atoms with E-state index in [4.69, 9.17) is 0 Å². The standard InChI is InChI=1S/C10H14.C7H14O.C5H10.3C2H6/c1-3-9-5-7-10(4-2)8-6-9;1-6(8)5-7(2,3)4;1-4-5(2)3;3*1-2/h5-8H,3-4H2,1-2H3;5H2,1-4H3;2,4H2,1,3H3;3*1-2H3. The Hall–Kier alpha value is -1.37. The summed E-state index contributed by atoms with van der Waals surface area (Å²) in [6.07, 6.45) is 4.08. The van der Waals surface area contributed by atoms with Gasteiger partial charge < -0.3 is 4.79 Å². The van der Waals surface area contributed by atoms with Crippen LogP contribution in [0.2, 0.25) is 0 Å². The lowest BCUT2D eigenvalue weighted by Gasteiger charge is -2.14. The Morgan fingerprint density at radius 3 is 1.07 bits per heavy atom. The molecular weight excluding hydrogens is 352 g/mol. The first-order valence-electron chi connectivity index (χ1n) is 11.8. The molecule has 0 N–H and O–H groups in total. The molecule has 0 aromatic heterocycles. The topological polar surface area (TPSA) is 17.1 Å². The number of carbonyl (C=O) groups is 1. The molecular formula is C28H56O. The second-order valence-electron chi connectivity index (χ2n) is 7.27. The van der Waals surface area contributed by atoms with Crippen molar-refractivity contribution in [2.24, 2.45) is 5.41 Å². The third-order valence-corrected chi connectivity index (χ3v) is 3.22. The van der Waals surface area contributed by atoms with Gasteiger partial charge in [-0.1, -0.05) is 113 Å². The van der Waals surface area contributed by atoms with Crippen molar-refractivity contribution >= 4 is 5.78 Å². The van der Waals surface area contributed by atoms with Crippen molar-refractivity contribution < 1.29 is 4.79 Å². The lowest BCUT2D eigenvalue weighted by Crippen LogP contribution is -2.09. The highest BCUT2D eigenvalue weighted by molar-refractivity contribution is 5.76. The van der Waals surface area contributed by atoms with Gasteiger partial charge in [-0.05, 0) is 49.7 Å². The van der Waals surface area contributed by atoms with Crippen molar-refractivity contribution in [1.82, 2.24) is 0 Å². The maximum atomic E-state index is 10.5. The van der Waals surface area contributed by atoms with Gasteiger partial charge in [0.25, 0.3) is 0 Å².